The fourth-order valence-corrected chi connectivity index (χ4v) is 2.11. The molecule has 0 saturated carbocycles. The maximum absolute atomic E-state index is 11.1. The third-order valence-corrected chi connectivity index (χ3v) is 2.83. The molecule has 1 aromatic carbocycles. The van der Waals surface area contributed by atoms with Crippen LogP contribution >= 0.6 is 0 Å². The van der Waals surface area contributed by atoms with E-state index in [-0.39, 0.29) is 5.91 Å². The molecule has 19 heavy (non-hydrogen) atoms. The Kier molecular flexibility index (Phi) is 6.19. The van der Waals surface area contributed by atoms with Gasteiger partial charge < -0.3 is 15.0 Å². The van der Waals surface area contributed by atoms with Gasteiger partial charge in [-0.2, -0.15) is 0 Å². The van der Waals surface area contributed by atoms with Gasteiger partial charge >= 0.3 is 0 Å². The normalized spacial score (nSPS) is 10.1. The predicted octanol–water partition coefficient (Wildman–Crippen LogP) is 3.28. The third kappa shape index (κ3) is 4.47. The Morgan fingerprint density at radius 1 is 1.26 bits per heavy atom. The second-order valence-corrected chi connectivity index (χ2v) is 4.55. The summed E-state index contributed by atoms with van der Waals surface area (Å²) in [5.41, 5.74) is 1.85. The van der Waals surface area contributed by atoms with Gasteiger partial charge in [0.1, 0.15) is 5.75 Å². The number of nitrogens with zero attached hydrogens (tertiary/aromatic N) is 1. The molecule has 0 aliphatic heterocycles. The van der Waals surface area contributed by atoms with Crippen molar-refractivity contribution < 1.29 is 9.53 Å². The van der Waals surface area contributed by atoms with E-state index >= 15 is 0 Å². The average molecular weight is 264 g/mol. The van der Waals surface area contributed by atoms with E-state index in [1.54, 1.807) is 7.11 Å². The van der Waals surface area contributed by atoms with E-state index in [1.807, 2.05) is 18.2 Å². The molecule has 0 bridgehead atoms. The van der Waals surface area contributed by atoms with Gasteiger partial charge in [0.05, 0.1) is 12.8 Å². The molecule has 0 heterocycles. The van der Waals surface area contributed by atoms with Crippen molar-refractivity contribution in [1.82, 2.24) is 0 Å². The summed E-state index contributed by atoms with van der Waals surface area (Å²) < 4.78 is 5.42. The molecule has 1 N–H and O–H groups in total. The van der Waals surface area contributed by atoms with Crippen molar-refractivity contribution in [2.75, 3.05) is 30.4 Å². The van der Waals surface area contributed by atoms with Crippen molar-refractivity contribution in [3.8, 4) is 5.75 Å². The van der Waals surface area contributed by atoms with Crippen LogP contribution in [0.1, 0.15) is 33.6 Å². The minimum Gasteiger partial charge on any atom is -0.495 e. The van der Waals surface area contributed by atoms with Crippen LogP contribution < -0.4 is 15.0 Å². The second-order valence-electron chi connectivity index (χ2n) is 4.55. The van der Waals surface area contributed by atoms with E-state index in [9.17, 15) is 4.79 Å². The minimum atomic E-state index is -0.0614. The summed E-state index contributed by atoms with van der Waals surface area (Å²) in [5.74, 6) is 0.782. The quantitative estimate of drug-likeness (QED) is 0.821. The van der Waals surface area contributed by atoms with Crippen molar-refractivity contribution in [2.24, 2.45) is 0 Å². The third-order valence-electron chi connectivity index (χ3n) is 2.83. The van der Waals surface area contributed by atoms with Gasteiger partial charge in [-0.3, -0.25) is 4.79 Å². The summed E-state index contributed by atoms with van der Waals surface area (Å²) in [6.45, 7) is 7.79. The molecule has 0 radical (unpaired) electrons. The number of hydrogen-bond donors (Lipinski definition) is 1. The van der Waals surface area contributed by atoms with Gasteiger partial charge in [0.2, 0.25) is 5.91 Å². The van der Waals surface area contributed by atoms with Crippen LogP contribution in [0.25, 0.3) is 0 Å². The average Bonchev–Trinajstić information content (AvgIpc) is 2.38. The standard InChI is InChI=1S/C15H24N2O2/c1-5-9-17(10-6-2)14-11-13(16-12(3)18)7-8-15(14)19-4/h7-8,11H,5-6,9-10H2,1-4H3,(H,16,18). The Bertz CT molecular complexity index is 413. The molecule has 1 aromatic rings. The van der Waals surface area contributed by atoms with Crippen molar-refractivity contribution in [3.05, 3.63) is 18.2 Å². The Hall–Kier alpha value is -1.71. The lowest BCUT2D eigenvalue weighted by Crippen LogP contribution is -2.25. The lowest BCUT2D eigenvalue weighted by atomic mass is 10.2. The van der Waals surface area contributed by atoms with Gasteiger partial charge in [-0.15, -0.1) is 0 Å². The molecular weight excluding hydrogens is 240 g/mol. The zero-order valence-electron chi connectivity index (χ0n) is 12.3. The number of nitrogens with one attached hydrogen (secondary N) is 1. The first-order valence-electron chi connectivity index (χ1n) is 6.82. The summed E-state index contributed by atoms with van der Waals surface area (Å²) in [7, 11) is 1.67. The highest BCUT2D eigenvalue weighted by atomic mass is 16.5. The molecular formula is C15H24N2O2. The number of methoxy groups -OCH3 is 1. The van der Waals surface area contributed by atoms with Gasteiger partial charge in [-0.05, 0) is 31.0 Å². The molecule has 0 aliphatic rings. The summed E-state index contributed by atoms with van der Waals surface area (Å²) in [5, 5.41) is 2.81. The molecule has 1 rings (SSSR count). The van der Waals surface area contributed by atoms with Gasteiger partial charge in [-0.25, -0.2) is 0 Å². The van der Waals surface area contributed by atoms with Crippen LogP contribution in [-0.4, -0.2) is 26.1 Å². The smallest absolute Gasteiger partial charge is 0.221 e. The van der Waals surface area contributed by atoms with Gasteiger partial charge in [0, 0.05) is 25.7 Å². The number of rotatable bonds is 7. The Morgan fingerprint density at radius 2 is 1.89 bits per heavy atom. The fourth-order valence-electron chi connectivity index (χ4n) is 2.11. The lowest BCUT2D eigenvalue weighted by Gasteiger charge is -2.26. The number of benzene rings is 1. The number of amides is 1. The fraction of sp³-hybridized carbons (Fsp3) is 0.533. The molecule has 0 aromatic heterocycles. The molecule has 106 valence electrons. The topological polar surface area (TPSA) is 41.6 Å². The van der Waals surface area contributed by atoms with E-state index in [0.29, 0.717) is 0 Å². The lowest BCUT2D eigenvalue weighted by molar-refractivity contribution is -0.114. The maximum Gasteiger partial charge on any atom is 0.221 e. The molecule has 0 fully saturated rings. The molecule has 0 saturated heterocycles. The number of ether oxygens (including phenoxy) is 1. The zero-order valence-corrected chi connectivity index (χ0v) is 12.3. The highest BCUT2D eigenvalue weighted by molar-refractivity contribution is 5.89. The number of anilines is 2. The van der Waals surface area contributed by atoms with E-state index < -0.39 is 0 Å². The van der Waals surface area contributed by atoms with Crippen LogP contribution in [0, 0.1) is 0 Å². The SMILES string of the molecule is CCCN(CCC)c1cc(NC(C)=O)ccc1OC. The minimum absolute atomic E-state index is 0.0614. The number of carbonyl (C=O) groups is 1. The molecule has 1 amide bonds. The van der Waals surface area contributed by atoms with E-state index in [2.05, 4.69) is 24.1 Å². The number of hydrogen-bond acceptors (Lipinski definition) is 3. The summed E-state index contributed by atoms with van der Waals surface area (Å²) in [6.07, 6.45) is 2.15. The first-order valence-corrected chi connectivity index (χ1v) is 6.82. The van der Waals surface area contributed by atoms with Crippen molar-refractivity contribution in [2.45, 2.75) is 33.6 Å². The van der Waals surface area contributed by atoms with E-state index in [0.717, 1.165) is 43.1 Å². The Morgan fingerprint density at radius 3 is 2.37 bits per heavy atom. The van der Waals surface area contributed by atoms with Crippen LogP contribution in [0.5, 0.6) is 5.75 Å². The van der Waals surface area contributed by atoms with Crippen LogP contribution in [0.3, 0.4) is 0 Å². The summed E-state index contributed by atoms with van der Waals surface area (Å²) >= 11 is 0. The van der Waals surface area contributed by atoms with Crippen molar-refractivity contribution in [3.63, 3.8) is 0 Å². The van der Waals surface area contributed by atoms with Crippen LogP contribution in [0.2, 0.25) is 0 Å². The molecule has 4 heteroatoms. The Labute approximate surface area is 115 Å². The second kappa shape index (κ2) is 7.67. The first-order chi connectivity index (χ1) is 9.12. The van der Waals surface area contributed by atoms with Crippen LogP contribution in [-0.2, 0) is 4.79 Å². The van der Waals surface area contributed by atoms with E-state index in [1.165, 1.54) is 6.92 Å². The highest BCUT2D eigenvalue weighted by Gasteiger charge is 2.12. The van der Waals surface area contributed by atoms with Crippen molar-refractivity contribution >= 4 is 17.3 Å². The molecule has 0 aliphatic carbocycles. The van der Waals surface area contributed by atoms with Crippen LogP contribution in [0.4, 0.5) is 11.4 Å². The molecule has 0 atom stereocenters. The monoisotopic (exact) mass is 264 g/mol. The van der Waals surface area contributed by atoms with Crippen molar-refractivity contribution in [1.29, 1.82) is 0 Å². The summed E-state index contributed by atoms with van der Waals surface area (Å²) in [4.78, 5) is 13.4. The number of carbonyl (C=O) groups excluding carboxylic acids is 1. The first kappa shape index (κ1) is 15.3. The highest BCUT2D eigenvalue weighted by Crippen LogP contribution is 2.31. The summed E-state index contributed by atoms with van der Waals surface area (Å²) in [6, 6.07) is 5.74. The van der Waals surface area contributed by atoms with E-state index in [4.69, 9.17) is 4.74 Å². The Balaban J connectivity index is 3.07. The van der Waals surface area contributed by atoms with Gasteiger partial charge in [-0.1, -0.05) is 13.8 Å². The molecule has 4 nitrogen and oxygen atoms in total. The van der Waals surface area contributed by atoms with Crippen LogP contribution in [0.15, 0.2) is 18.2 Å². The molecule has 0 spiro atoms. The largest absolute Gasteiger partial charge is 0.495 e. The van der Waals surface area contributed by atoms with Gasteiger partial charge in [0.15, 0.2) is 0 Å². The predicted molar refractivity (Wildman–Crippen MR) is 80.1 cm³/mol. The van der Waals surface area contributed by atoms with Gasteiger partial charge in [0.25, 0.3) is 0 Å². The zero-order chi connectivity index (χ0) is 14.3. The maximum atomic E-state index is 11.1. The molecule has 0 unspecified atom stereocenters.